The Morgan fingerprint density at radius 3 is 2.39 bits per heavy atom. The third kappa shape index (κ3) is 3.69. The highest BCUT2D eigenvalue weighted by Crippen LogP contribution is 2.31. The molecular weight excluding hydrogens is 234 g/mol. The molecule has 98 valence electrons. The maximum Gasteiger partial charge on any atom is 0.358 e. The Kier molecular flexibility index (Phi) is 5.05. The quantitative estimate of drug-likeness (QED) is 0.474. The van der Waals surface area contributed by atoms with E-state index < -0.39 is 5.97 Å². The van der Waals surface area contributed by atoms with Crippen LogP contribution in [0.2, 0.25) is 0 Å². The van der Waals surface area contributed by atoms with E-state index in [9.17, 15) is 4.79 Å². The first-order valence-corrected chi connectivity index (χ1v) is 5.64. The average molecular weight is 251 g/mol. The summed E-state index contributed by atoms with van der Waals surface area (Å²) >= 11 is 0. The summed E-state index contributed by atoms with van der Waals surface area (Å²) in [6, 6.07) is 4.86. The largest absolute Gasteiger partial charge is 0.490 e. The number of esters is 1. The zero-order chi connectivity index (χ0) is 13.5. The van der Waals surface area contributed by atoms with Crippen molar-refractivity contribution in [2.24, 2.45) is 5.73 Å². The lowest BCUT2D eigenvalue weighted by Gasteiger charge is -2.12. The predicted molar refractivity (Wildman–Crippen MR) is 67.7 cm³/mol. The van der Waals surface area contributed by atoms with Gasteiger partial charge in [-0.15, -0.1) is 0 Å². The van der Waals surface area contributed by atoms with Crippen LogP contribution < -0.4 is 19.9 Å². The Morgan fingerprint density at radius 1 is 1.22 bits per heavy atom. The Hall–Kier alpha value is -2.17. The van der Waals surface area contributed by atoms with Crippen molar-refractivity contribution in [1.29, 1.82) is 0 Å². The number of hydrogen-bond acceptors (Lipinski definition) is 5. The summed E-state index contributed by atoms with van der Waals surface area (Å²) in [5.74, 6) is 0.776. The molecule has 0 aliphatic carbocycles. The fourth-order valence-electron chi connectivity index (χ4n) is 1.27. The highest BCUT2D eigenvalue weighted by atomic mass is 16.5. The first-order valence-electron chi connectivity index (χ1n) is 5.64. The summed E-state index contributed by atoms with van der Waals surface area (Å²) in [5, 5.41) is 0. The average Bonchev–Trinajstić information content (AvgIpc) is 2.33. The molecule has 0 saturated heterocycles. The van der Waals surface area contributed by atoms with Crippen LogP contribution in [0.1, 0.15) is 13.8 Å². The number of hydrogen-bond donors (Lipinski definition) is 1. The van der Waals surface area contributed by atoms with Gasteiger partial charge in [-0.25, -0.2) is 4.79 Å². The molecule has 5 nitrogen and oxygen atoms in total. The first-order chi connectivity index (χ1) is 8.58. The summed E-state index contributed by atoms with van der Waals surface area (Å²) in [4.78, 5) is 11.3. The Labute approximate surface area is 106 Å². The highest BCUT2D eigenvalue weighted by molar-refractivity contribution is 5.88. The van der Waals surface area contributed by atoms with Crippen LogP contribution in [0.15, 0.2) is 30.5 Å². The smallest absolute Gasteiger partial charge is 0.358 e. The normalized spacial score (nSPS) is 9.67. The van der Waals surface area contributed by atoms with Crippen molar-refractivity contribution >= 4 is 5.97 Å². The molecule has 0 bridgehead atoms. The first kappa shape index (κ1) is 13.9. The molecule has 5 heteroatoms. The molecule has 1 aromatic rings. The Balaban J connectivity index is 2.91. The van der Waals surface area contributed by atoms with Crippen molar-refractivity contribution in [3.05, 3.63) is 30.5 Å². The van der Waals surface area contributed by atoms with Crippen LogP contribution in [0, 0.1) is 0 Å². The summed E-state index contributed by atoms with van der Waals surface area (Å²) in [6.45, 7) is 8.05. The van der Waals surface area contributed by atoms with Gasteiger partial charge in [0.1, 0.15) is 11.4 Å². The van der Waals surface area contributed by atoms with Gasteiger partial charge in [0, 0.05) is 6.07 Å². The van der Waals surface area contributed by atoms with Gasteiger partial charge < -0.3 is 19.9 Å². The molecule has 0 spiro atoms. The zero-order valence-corrected chi connectivity index (χ0v) is 10.6. The maximum absolute atomic E-state index is 11.3. The third-order valence-electron chi connectivity index (χ3n) is 1.99. The van der Waals surface area contributed by atoms with Gasteiger partial charge in [-0.1, -0.05) is 6.58 Å². The fraction of sp³-hybridized carbons (Fsp3) is 0.308. The number of ether oxygens (including phenoxy) is 3. The molecule has 2 N–H and O–H groups in total. The minimum Gasteiger partial charge on any atom is -0.490 e. The highest BCUT2D eigenvalue weighted by Gasteiger charge is 2.10. The van der Waals surface area contributed by atoms with E-state index in [4.69, 9.17) is 19.9 Å². The molecule has 0 aromatic heterocycles. The number of nitrogens with two attached hydrogens (primary N) is 1. The Bertz CT molecular complexity index is 443. The number of rotatable bonds is 6. The minimum atomic E-state index is -0.679. The van der Waals surface area contributed by atoms with Gasteiger partial charge in [0.05, 0.1) is 13.2 Å². The molecule has 0 atom stereocenters. The van der Waals surface area contributed by atoms with Crippen LogP contribution in [0.5, 0.6) is 17.2 Å². The molecular formula is C13H17NO4. The second kappa shape index (κ2) is 6.54. The van der Waals surface area contributed by atoms with Crippen LogP contribution in [0.3, 0.4) is 0 Å². The van der Waals surface area contributed by atoms with Crippen molar-refractivity contribution in [3.63, 3.8) is 0 Å². The summed E-state index contributed by atoms with van der Waals surface area (Å²) in [5.41, 5.74) is 5.08. The lowest BCUT2D eigenvalue weighted by Crippen LogP contribution is -2.16. The maximum atomic E-state index is 11.3. The number of carbonyl (C=O) groups excluding carboxylic acids is 1. The van der Waals surface area contributed by atoms with E-state index in [0.29, 0.717) is 30.5 Å². The van der Waals surface area contributed by atoms with Gasteiger partial charge in [0.25, 0.3) is 0 Å². The van der Waals surface area contributed by atoms with Crippen LogP contribution in [0.4, 0.5) is 0 Å². The van der Waals surface area contributed by atoms with Crippen molar-refractivity contribution < 1.29 is 19.0 Å². The standard InChI is InChI=1S/C13H17NO4/c1-4-16-11-7-6-10(8-12(11)17-5-2)18-13(15)9(3)14/h6-8H,3-5,14H2,1-2H3. The van der Waals surface area contributed by atoms with Crippen molar-refractivity contribution in [3.8, 4) is 17.2 Å². The second-order valence-electron chi connectivity index (χ2n) is 3.39. The van der Waals surface area contributed by atoms with Gasteiger partial charge in [-0.2, -0.15) is 0 Å². The minimum absolute atomic E-state index is 0.151. The molecule has 0 heterocycles. The van der Waals surface area contributed by atoms with E-state index in [1.165, 1.54) is 0 Å². The topological polar surface area (TPSA) is 70.8 Å². The fourth-order valence-corrected chi connectivity index (χ4v) is 1.27. The molecule has 1 rings (SSSR count). The molecule has 0 fully saturated rings. The van der Waals surface area contributed by atoms with E-state index in [1.807, 2.05) is 13.8 Å². The molecule has 1 aromatic carbocycles. The van der Waals surface area contributed by atoms with Crippen molar-refractivity contribution in [2.75, 3.05) is 13.2 Å². The second-order valence-corrected chi connectivity index (χ2v) is 3.39. The molecule has 0 unspecified atom stereocenters. The lowest BCUT2D eigenvalue weighted by molar-refractivity contribution is -0.130. The van der Waals surface area contributed by atoms with E-state index in [0.717, 1.165) is 0 Å². The number of benzene rings is 1. The molecule has 0 radical (unpaired) electrons. The van der Waals surface area contributed by atoms with Gasteiger partial charge in [0.2, 0.25) is 0 Å². The van der Waals surface area contributed by atoms with Crippen molar-refractivity contribution in [2.45, 2.75) is 13.8 Å². The van der Waals surface area contributed by atoms with E-state index in [2.05, 4.69) is 6.58 Å². The molecule has 0 aliphatic heterocycles. The number of carbonyl (C=O) groups is 1. The zero-order valence-electron chi connectivity index (χ0n) is 10.6. The van der Waals surface area contributed by atoms with Gasteiger partial charge in [-0.3, -0.25) is 0 Å². The van der Waals surface area contributed by atoms with E-state index in [1.54, 1.807) is 18.2 Å². The summed E-state index contributed by atoms with van der Waals surface area (Å²) in [6.07, 6.45) is 0. The predicted octanol–water partition coefficient (Wildman–Crippen LogP) is 1.86. The van der Waals surface area contributed by atoms with Crippen LogP contribution in [-0.4, -0.2) is 19.2 Å². The van der Waals surface area contributed by atoms with E-state index >= 15 is 0 Å². The molecule has 18 heavy (non-hydrogen) atoms. The van der Waals surface area contributed by atoms with Crippen LogP contribution in [0.25, 0.3) is 0 Å². The van der Waals surface area contributed by atoms with Crippen LogP contribution >= 0.6 is 0 Å². The molecule has 0 saturated carbocycles. The van der Waals surface area contributed by atoms with Crippen LogP contribution in [-0.2, 0) is 4.79 Å². The van der Waals surface area contributed by atoms with Gasteiger partial charge in [-0.05, 0) is 26.0 Å². The monoisotopic (exact) mass is 251 g/mol. The summed E-state index contributed by atoms with van der Waals surface area (Å²) in [7, 11) is 0. The van der Waals surface area contributed by atoms with E-state index in [-0.39, 0.29) is 5.70 Å². The third-order valence-corrected chi connectivity index (χ3v) is 1.99. The van der Waals surface area contributed by atoms with Gasteiger partial charge in [0.15, 0.2) is 11.5 Å². The summed E-state index contributed by atoms with van der Waals surface area (Å²) < 4.78 is 15.8. The lowest BCUT2D eigenvalue weighted by atomic mass is 10.3. The molecule has 0 amide bonds. The van der Waals surface area contributed by atoms with Crippen molar-refractivity contribution in [1.82, 2.24) is 0 Å². The van der Waals surface area contributed by atoms with Gasteiger partial charge >= 0.3 is 5.97 Å². The Morgan fingerprint density at radius 2 is 1.83 bits per heavy atom. The molecule has 0 aliphatic rings. The SMILES string of the molecule is C=C(N)C(=O)Oc1ccc(OCC)c(OCC)c1.